The fourth-order valence-electron chi connectivity index (χ4n) is 1.39. The minimum absolute atomic E-state index is 0.139. The van der Waals surface area contributed by atoms with Crippen LogP contribution in [-0.2, 0) is 9.59 Å². The van der Waals surface area contributed by atoms with Gasteiger partial charge >= 0.3 is 5.97 Å². The number of rotatable bonds is 7. The molecule has 1 unspecified atom stereocenters. The van der Waals surface area contributed by atoms with Gasteiger partial charge in [0, 0.05) is 0 Å². The van der Waals surface area contributed by atoms with Crippen molar-refractivity contribution in [3.05, 3.63) is 12.7 Å². The van der Waals surface area contributed by atoms with Crippen molar-refractivity contribution in [1.29, 1.82) is 0 Å². The summed E-state index contributed by atoms with van der Waals surface area (Å²) >= 11 is 0. The van der Waals surface area contributed by atoms with Gasteiger partial charge in [-0.05, 0) is 18.8 Å². The van der Waals surface area contributed by atoms with Gasteiger partial charge < -0.3 is 10.8 Å². The number of allylic oxidation sites excluding steroid dienone is 1. The van der Waals surface area contributed by atoms with Gasteiger partial charge in [0.25, 0.3) is 0 Å². The summed E-state index contributed by atoms with van der Waals surface area (Å²) in [5, 5.41) is 8.83. The molecule has 0 amide bonds. The summed E-state index contributed by atoms with van der Waals surface area (Å²) in [5.41, 5.74) is 5.64. The molecule has 0 saturated carbocycles. The van der Waals surface area contributed by atoms with E-state index in [-0.39, 0.29) is 12.3 Å². The van der Waals surface area contributed by atoms with Crippen LogP contribution in [0.5, 0.6) is 0 Å². The lowest BCUT2D eigenvalue weighted by Gasteiger charge is -2.16. The first-order valence-corrected chi connectivity index (χ1v) is 5.03. The second-order valence-electron chi connectivity index (χ2n) is 4.05. The highest BCUT2D eigenvalue weighted by atomic mass is 16.4. The molecule has 0 saturated heterocycles. The molecule has 2 atom stereocenters. The Morgan fingerprint density at radius 3 is 2.33 bits per heavy atom. The SMILES string of the molecule is C=CCC(C(=O)O)C(=O)[C@@H](N)CC(C)C. The molecule has 0 aliphatic rings. The Morgan fingerprint density at radius 2 is 2.00 bits per heavy atom. The Balaban J connectivity index is 4.48. The number of nitrogens with two attached hydrogens (primary N) is 1. The normalized spacial score (nSPS) is 14.7. The highest BCUT2D eigenvalue weighted by molar-refractivity contribution is 6.01. The summed E-state index contributed by atoms with van der Waals surface area (Å²) in [5.74, 6) is -2.30. The molecule has 0 bridgehead atoms. The minimum Gasteiger partial charge on any atom is -0.481 e. The molecular weight excluding hydrogens is 194 g/mol. The third-order valence-electron chi connectivity index (χ3n) is 2.13. The van der Waals surface area contributed by atoms with E-state index in [0.717, 1.165) is 0 Å². The van der Waals surface area contributed by atoms with Crippen molar-refractivity contribution in [2.75, 3.05) is 0 Å². The van der Waals surface area contributed by atoms with E-state index in [1.807, 2.05) is 13.8 Å². The van der Waals surface area contributed by atoms with Gasteiger partial charge in [0.15, 0.2) is 5.78 Å². The molecule has 0 aromatic rings. The third kappa shape index (κ3) is 4.74. The van der Waals surface area contributed by atoms with Gasteiger partial charge in [-0.3, -0.25) is 9.59 Å². The number of aliphatic carboxylic acids is 1. The first kappa shape index (κ1) is 13.8. The van der Waals surface area contributed by atoms with Gasteiger partial charge in [0.2, 0.25) is 0 Å². The van der Waals surface area contributed by atoms with Crippen molar-refractivity contribution in [1.82, 2.24) is 0 Å². The van der Waals surface area contributed by atoms with Crippen molar-refractivity contribution in [2.45, 2.75) is 32.7 Å². The zero-order valence-corrected chi connectivity index (χ0v) is 9.27. The lowest BCUT2D eigenvalue weighted by molar-refractivity contribution is -0.146. The maximum atomic E-state index is 11.7. The van der Waals surface area contributed by atoms with E-state index in [2.05, 4.69) is 6.58 Å². The van der Waals surface area contributed by atoms with E-state index < -0.39 is 23.7 Å². The van der Waals surface area contributed by atoms with Crippen LogP contribution in [0.2, 0.25) is 0 Å². The van der Waals surface area contributed by atoms with Crippen LogP contribution in [-0.4, -0.2) is 22.9 Å². The molecule has 15 heavy (non-hydrogen) atoms. The summed E-state index contributed by atoms with van der Waals surface area (Å²) in [6.45, 7) is 7.31. The van der Waals surface area contributed by atoms with Gasteiger partial charge in [-0.2, -0.15) is 0 Å². The summed E-state index contributed by atoms with van der Waals surface area (Å²) in [6.07, 6.45) is 2.08. The quantitative estimate of drug-likeness (QED) is 0.492. The van der Waals surface area contributed by atoms with Gasteiger partial charge in [-0.15, -0.1) is 6.58 Å². The fourth-order valence-corrected chi connectivity index (χ4v) is 1.39. The Morgan fingerprint density at radius 1 is 1.47 bits per heavy atom. The molecule has 0 aromatic heterocycles. The largest absolute Gasteiger partial charge is 0.481 e. The van der Waals surface area contributed by atoms with E-state index in [1.54, 1.807) is 0 Å². The summed E-state index contributed by atoms with van der Waals surface area (Å²) < 4.78 is 0. The topological polar surface area (TPSA) is 80.4 Å². The fraction of sp³-hybridized carbons (Fsp3) is 0.636. The number of Topliss-reactive ketones (excluding diaryl/α,β-unsaturated/α-hetero) is 1. The number of carbonyl (C=O) groups excluding carboxylic acids is 1. The molecule has 0 fully saturated rings. The number of hydrogen-bond acceptors (Lipinski definition) is 3. The van der Waals surface area contributed by atoms with E-state index in [1.165, 1.54) is 6.08 Å². The van der Waals surface area contributed by atoms with Crippen LogP contribution in [0.4, 0.5) is 0 Å². The maximum absolute atomic E-state index is 11.7. The molecule has 0 spiro atoms. The van der Waals surface area contributed by atoms with Gasteiger partial charge in [0.05, 0.1) is 6.04 Å². The van der Waals surface area contributed by atoms with E-state index >= 15 is 0 Å². The number of hydrogen-bond donors (Lipinski definition) is 2. The molecule has 0 aliphatic carbocycles. The van der Waals surface area contributed by atoms with Crippen molar-refractivity contribution in [3.8, 4) is 0 Å². The highest BCUT2D eigenvalue weighted by Gasteiger charge is 2.29. The standard InChI is InChI=1S/C11H19NO3/c1-4-5-8(11(14)15)10(13)9(12)6-7(2)3/h4,7-9H,1,5-6,12H2,2-3H3,(H,14,15)/t8?,9-/m0/s1. The second-order valence-corrected chi connectivity index (χ2v) is 4.05. The average molecular weight is 213 g/mol. The smallest absolute Gasteiger partial charge is 0.314 e. The van der Waals surface area contributed by atoms with Crippen LogP contribution in [0.15, 0.2) is 12.7 Å². The first-order chi connectivity index (χ1) is 6.90. The zero-order chi connectivity index (χ0) is 12.0. The van der Waals surface area contributed by atoms with Crippen molar-refractivity contribution >= 4 is 11.8 Å². The van der Waals surface area contributed by atoms with E-state index in [9.17, 15) is 9.59 Å². The molecule has 86 valence electrons. The maximum Gasteiger partial charge on any atom is 0.314 e. The average Bonchev–Trinajstić information content (AvgIpc) is 2.11. The first-order valence-electron chi connectivity index (χ1n) is 5.03. The molecule has 0 aliphatic heterocycles. The van der Waals surface area contributed by atoms with Crippen LogP contribution >= 0.6 is 0 Å². The van der Waals surface area contributed by atoms with Crippen molar-refractivity contribution in [2.24, 2.45) is 17.6 Å². The molecule has 4 nitrogen and oxygen atoms in total. The van der Waals surface area contributed by atoms with Crippen LogP contribution < -0.4 is 5.73 Å². The van der Waals surface area contributed by atoms with Gasteiger partial charge in [-0.1, -0.05) is 19.9 Å². The van der Waals surface area contributed by atoms with Crippen molar-refractivity contribution < 1.29 is 14.7 Å². The summed E-state index contributed by atoms with van der Waals surface area (Å²) in [4.78, 5) is 22.5. The number of carboxylic acid groups (broad SMARTS) is 1. The third-order valence-corrected chi connectivity index (χ3v) is 2.13. The molecule has 0 heterocycles. The minimum atomic E-state index is -1.13. The van der Waals surface area contributed by atoms with Crippen molar-refractivity contribution in [3.63, 3.8) is 0 Å². The Labute approximate surface area is 90.2 Å². The number of ketones is 1. The Bertz CT molecular complexity index is 248. The summed E-state index contributed by atoms with van der Waals surface area (Å²) in [6, 6.07) is -0.689. The molecular formula is C11H19NO3. The lowest BCUT2D eigenvalue weighted by atomic mass is 9.91. The van der Waals surface area contributed by atoms with Crippen LogP contribution in [0.25, 0.3) is 0 Å². The highest BCUT2D eigenvalue weighted by Crippen LogP contribution is 2.12. The molecule has 0 rings (SSSR count). The monoisotopic (exact) mass is 213 g/mol. The predicted molar refractivity (Wildman–Crippen MR) is 58.4 cm³/mol. The van der Waals surface area contributed by atoms with Gasteiger partial charge in [-0.25, -0.2) is 0 Å². The van der Waals surface area contributed by atoms with Crippen LogP contribution in [0, 0.1) is 11.8 Å². The van der Waals surface area contributed by atoms with Crippen LogP contribution in [0.1, 0.15) is 26.7 Å². The van der Waals surface area contributed by atoms with Crippen LogP contribution in [0.3, 0.4) is 0 Å². The second kappa shape index (κ2) is 6.35. The van der Waals surface area contributed by atoms with E-state index in [0.29, 0.717) is 6.42 Å². The number of carbonyl (C=O) groups is 2. The molecule has 4 heteroatoms. The van der Waals surface area contributed by atoms with E-state index in [4.69, 9.17) is 10.8 Å². The molecule has 0 aromatic carbocycles. The van der Waals surface area contributed by atoms with Gasteiger partial charge in [0.1, 0.15) is 5.92 Å². The Kier molecular flexibility index (Phi) is 5.86. The summed E-state index contributed by atoms with van der Waals surface area (Å²) in [7, 11) is 0. The number of carboxylic acids is 1. The molecule has 0 radical (unpaired) electrons. The Hall–Kier alpha value is -1.16. The molecule has 3 N–H and O–H groups in total. The predicted octanol–water partition coefficient (Wildman–Crippen LogP) is 1.21. The lowest BCUT2D eigenvalue weighted by Crippen LogP contribution is -2.39. The zero-order valence-electron chi connectivity index (χ0n) is 9.27.